The first kappa shape index (κ1) is 33.7. The minimum atomic E-state index is -0.847. The van der Waals surface area contributed by atoms with Crippen LogP contribution in [0.3, 0.4) is 0 Å². The number of aliphatic carboxylic acids is 1. The highest BCUT2D eigenvalue weighted by atomic mass is 35.5. The topological polar surface area (TPSA) is 128 Å². The number of carboxylic acids is 1. The van der Waals surface area contributed by atoms with Crippen LogP contribution in [0, 0.1) is 12.3 Å². The van der Waals surface area contributed by atoms with E-state index in [-0.39, 0.29) is 19.1 Å². The van der Waals surface area contributed by atoms with Gasteiger partial charge in [-0.15, -0.1) is 17.8 Å². The van der Waals surface area contributed by atoms with E-state index in [0.717, 1.165) is 11.3 Å². The smallest absolute Gasteiger partial charge is 0.338 e. The van der Waals surface area contributed by atoms with Crippen LogP contribution in [0.5, 0.6) is 0 Å². The second-order valence-electron chi connectivity index (χ2n) is 11.0. The number of hydrogen-bond acceptors (Lipinski definition) is 9. The van der Waals surface area contributed by atoms with Crippen molar-refractivity contribution in [1.82, 2.24) is 20.1 Å². The van der Waals surface area contributed by atoms with Gasteiger partial charge in [0.25, 0.3) is 0 Å². The molecule has 5 rings (SSSR count). The molecule has 244 valence electrons. The quantitative estimate of drug-likeness (QED) is 0.237. The zero-order valence-corrected chi connectivity index (χ0v) is 27.7. The number of aliphatic imine (C=N–C) groups is 1. The van der Waals surface area contributed by atoms with Crippen LogP contribution in [0.25, 0.3) is 0 Å². The average Bonchev–Trinajstić information content (AvgIpc) is 3.62. The Kier molecular flexibility index (Phi) is 10.9. The Morgan fingerprint density at radius 2 is 1.91 bits per heavy atom. The van der Waals surface area contributed by atoms with E-state index in [9.17, 15) is 14.4 Å². The van der Waals surface area contributed by atoms with Crippen molar-refractivity contribution in [2.75, 3.05) is 51.3 Å². The summed E-state index contributed by atoms with van der Waals surface area (Å²) in [6, 6.07) is 11.7. The number of amidine groups is 1. The average molecular weight is 675 g/mol. The Bertz CT molecular complexity index is 1730. The summed E-state index contributed by atoms with van der Waals surface area (Å²) < 4.78 is 5.52. The van der Waals surface area contributed by atoms with Crippen LogP contribution < -0.4 is 10.2 Å². The number of amides is 2. The van der Waals surface area contributed by atoms with Crippen molar-refractivity contribution in [3.8, 4) is 12.3 Å². The minimum absolute atomic E-state index is 0.0544. The number of ether oxygens (including phenoxy) is 1. The number of aromatic nitrogens is 1. The fourth-order valence-corrected chi connectivity index (χ4v) is 6.28. The number of rotatable bonds is 10. The zero-order valence-electron chi connectivity index (χ0n) is 26.1. The molecule has 47 heavy (non-hydrogen) atoms. The maximum atomic E-state index is 13.5. The molecule has 3 aromatic rings. The van der Waals surface area contributed by atoms with E-state index in [1.165, 1.54) is 11.3 Å². The number of carbonyl (C=O) groups is 3. The standard InChI is InChI=1S/C34H35ClN6O5S/c1-4-23-20-24(35)9-12-26(23)30-29(33(44)46-5-2)27(37-31(38-30)32-36-14-19-47-32)21-40-15-17-41(18-16-40)34(45)39(3)25-10-6-22(7-11-25)8-13-28(42)43/h1,6-7,9-12,14,19-20,30H,5,8,13,15-18,21H2,2-3H3,(H,37,38)(H,42,43). The molecule has 13 heteroatoms. The predicted octanol–water partition coefficient (Wildman–Crippen LogP) is 4.58. The highest BCUT2D eigenvalue weighted by Gasteiger charge is 2.35. The number of benzene rings is 2. The third kappa shape index (κ3) is 8.00. The van der Waals surface area contributed by atoms with Crippen LogP contribution in [-0.4, -0.2) is 90.1 Å². The first-order chi connectivity index (χ1) is 22.7. The molecule has 1 fully saturated rings. The van der Waals surface area contributed by atoms with Crippen molar-refractivity contribution in [3.63, 3.8) is 0 Å². The van der Waals surface area contributed by atoms with Crippen molar-refractivity contribution in [2.24, 2.45) is 4.99 Å². The first-order valence-electron chi connectivity index (χ1n) is 15.1. The van der Waals surface area contributed by atoms with Gasteiger partial charge in [-0.3, -0.25) is 19.6 Å². The van der Waals surface area contributed by atoms with Crippen LogP contribution in [0.15, 0.2) is 70.3 Å². The van der Waals surface area contributed by atoms with Crippen LogP contribution in [0.2, 0.25) is 5.02 Å². The van der Waals surface area contributed by atoms with Gasteiger partial charge in [0.05, 0.1) is 12.2 Å². The molecule has 0 radical (unpaired) electrons. The van der Waals surface area contributed by atoms with Crippen molar-refractivity contribution >= 4 is 52.4 Å². The van der Waals surface area contributed by atoms with E-state index in [2.05, 4.69) is 21.1 Å². The summed E-state index contributed by atoms with van der Waals surface area (Å²) >= 11 is 7.68. The molecule has 0 saturated carbocycles. The summed E-state index contributed by atoms with van der Waals surface area (Å²) in [6.07, 6.45) is 8.05. The van der Waals surface area contributed by atoms with E-state index in [1.807, 2.05) is 29.6 Å². The highest BCUT2D eigenvalue weighted by molar-refractivity contribution is 7.11. The molecule has 2 aromatic carbocycles. The summed E-state index contributed by atoms with van der Waals surface area (Å²) in [5, 5.41) is 15.3. The lowest BCUT2D eigenvalue weighted by molar-refractivity contribution is -0.139. The predicted molar refractivity (Wildman–Crippen MR) is 182 cm³/mol. The normalized spacial score (nSPS) is 16.6. The molecule has 2 aliphatic heterocycles. The summed E-state index contributed by atoms with van der Waals surface area (Å²) in [5.41, 5.74) is 3.79. The van der Waals surface area contributed by atoms with Gasteiger partial charge in [0.15, 0.2) is 10.8 Å². The number of halogens is 1. The molecule has 1 unspecified atom stereocenters. The summed E-state index contributed by atoms with van der Waals surface area (Å²) in [7, 11) is 1.73. The second-order valence-corrected chi connectivity index (χ2v) is 12.3. The van der Waals surface area contributed by atoms with Gasteiger partial charge >= 0.3 is 18.0 Å². The summed E-state index contributed by atoms with van der Waals surface area (Å²) in [6.45, 7) is 4.43. The Labute approximate surface area is 282 Å². The third-order valence-electron chi connectivity index (χ3n) is 7.98. The fraction of sp³-hybridized carbons (Fsp3) is 0.324. The van der Waals surface area contributed by atoms with Crippen molar-refractivity contribution < 1.29 is 24.2 Å². The van der Waals surface area contributed by atoms with Gasteiger partial charge in [-0.1, -0.05) is 35.7 Å². The maximum Gasteiger partial charge on any atom is 0.338 e. The Morgan fingerprint density at radius 3 is 2.55 bits per heavy atom. The van der Waals surface area contributed by atoms with E-state index in [1.54, 1.807) is 48.2 Å². The highest BCUT2D eigenvalue weighted by Crippen LogP contribution is 2.36. The molecule has 11 nitrogen and oxygen atoms in total. The van der Waals surface area contributed by atoms with Gasteiger partial charge in [0.1, 0.15) is 6.04 Å². The molecule has 1 aromatic heterocycles. The molecular formula is C34H35ClN6O5S. The van der Waals surface area contributed by atoms with Gasteiger partial charge in [-0.25, -0.2) is 14.6 Å². The number of anilines is 1. The lowest BCUT2D eigenvalue weighted by Crippen LogP contribution is -2.53. The van der Waals surface area contributed by atoms with Gasteiger partial charge < -0.3 is 20.1 Å². The second kappa shape index (κ2) is 15.3. The first-order valence-corrected chi connectivity index (χ1v) is 16.4. The van der Waals surface area contributed by atoms with Gasteiger partial charge in [-0.05, 0) is 48.7 Å². The van der Waals surface area contributed by atoms with E-state index < -0.39 is 18.0 Å². The molecule has 1 saturated heterocycles. The number of carbonyl (C=O) groups excluding carboxylic acids is 2. The Morgan fingerprint density at radius 1 is 1.17 bits per heavy atom. The Balaban J connectivity index is 1.35. The molecule has 2 amide bonds. The van der Waals surface area contributed by atoms with Gasteiger partial charge in [-0.2, -0.15) is 0 Å². The fourth-order valence-electron chi connectivity index (χ4n) is 5.52. The number of aryl methyl sites for hydroxylation is 1. The van der Waals surface area contributed by atoms with E-state index in [0.29, 0.717) is 77.4 Å². The number of nitrogens with zero attached hydrogens (tertiary/aromatic N) is 5. The lowest BCUT2D eigenvalue weighted by atomic mass is 9.92. The number of piperazine rings is 1. The van der Waals surface area contributed by atoms with Crippen LogP contribution >= 0.6 is 22.9 Å². The summed E-state index contributed by atoms with van der Waals surface area (Å²) in [4.78, 5) is 52.8. The molecule has 0 bridgehead atoms. The molecule has 3 heterocycles. The number of hydrogen-bond donors (Lipinski definition) is 2. The number of thiazole rings is 1. The SMILES string of the molecule is C#Cc1cc(Cl)ccc1C1N=C(c2nccs2)NC(CN2CCN(C(=O)N(C)c3ccc(CCC(=O)O)cc3)CC2)=C1C(=O)OCC. The molecule has 2 aliphatic rings. The molecule has 1 atom stereocenters. The summed E-state index contributed by atoms with van der Waals surface area (Å²) in [5.74, 6) is 1.87. The monoisotopic (exact) mass is 674 g/mol. The molecule has 0 aliphatic carbocycles. The number of terminal acetylenes is 1. The minimum Gasteiger partial charge on any atom is -0.481 e. The largest absolute Gasteiger partial charge is 0.481 e. The van der Waals surface area contributed by atoms with E-state index >= 15 is 0 Å². The van der Waals surface area contributed by atoms with Crippen molar-refractivity contribution in [1.29, 1.82) is 0 Å². The number of urea groups is 1. The molecular weight excluding hydrogens is 640 g/mol. The molecule has 0 spiro atoms. The number of carboxylic acid groups (broad SMARTS) is 1. The van der Waals surface area contributed by atoms with Crippen LogP contribution in [-0.2, 0) is 20.7 Å². The zero-order chi connectivity index (χ0) is 33.5. The third-order valence-corrected chi connectivity index (χ3v) is 9.00. The lowest BCUT2D eigenvalue weighted by Gasteiger charge is -2.38. The number of esters is 1. The molecule has 2 N–H and O–H groups in total. The number of nitrogens with one attached hydrogen (secondary N) is 1. The van der Waals surface area contributed by atoms with Crippen LogP contribution in [0.1, 0.15) is 41.1 Å². The maximum absolute atomic E-state index is 13.5. The van der Waals surface area contributed by atoms with Gasteiger partial charge in [0.2, 0.25) is 0 Å². The van der Waals surface area contributed by atoms with Crippen molar-refractivity contribution in [3.05, 3.63) is 92.0 Å². The van der Waals surface area contributed by atoms with Crippen molar-refractivity contribution in [2.45, 2.75) is 25.8 Å². The van der Waals surface area contributed by atoms with Crippen LogP contribution in [0.4, 0.5) is 10.5 Å². The van der Waals surface area contributed by atoms with Gasteiger partial charge in [0, 0.05) is 79.7 Å². The van der Waals surface area contributed by atoms with E-state index in [4.69, 9.17) is 32.9 Å². The Hall–Kier alpha value is -4.70.